The van der Waals surface area contributed by atoms with Crippen molar-refractivity contribution in [3.8, 4) is 17.1 Å². The first-order valence-corrected chi connectivity index (χ1v) is 8.05. The van der Waals surface area contributed by atoms with Crippen LogP contribution in [0, 0.1) is 0 Å². The van der Waals surface area contributed by atoms with Gasteiger partial charge >= 0.3 is 5.97 Å². The molecular weight excluding hydrogens is 328 g/mol. The number of carboxylic acids is 1. The van der Waals surface area contributed by atoms with Crippen LogP contribution in [0.1, 0.15) is 28.4 Å². The summed E-state index contributed by atoms with van der Waals surface area (Å²) in [7, 11) is 1.64. The fourth-order valence-corrected chi connectivity index (χ4v) is 2.57. The van der Waals surface area contributed by atoms with Gasteiger partial charge in [0.1, 0.15) is 5.75 Å². The summed E-state index contributed by atoms with van der Waals surface area (Å²) in [6, 6.07) is 14.6. The Morgan fingerprint density at radius 2 is 1.62 bits per heavy atom. The Balaban J connectivity index is 1.91. The molecule has 0 fully saturated rings. The molecule has 0 unspecified atom stereocenters. The van der Waals surface area contributed by atoms with Crippen molar-refractivity contribution < 1.29 is 14.6 Å². The summed E-state index contributed by atoms with van der Waals surface area (Å²) in [5.41, 5.74) is 4.50. The summed E-state index contributed by atoms with van der Waals surface area (Å²) < 4.78 is 5.18. The van der Waals surface area contributed by atoms with Gasteiger partial charge in [-0.15, -0.1) is 0 Å². The summed E-state index contributed by atoms with van der Waals surface area (Å²) in [5, 5.41) is 9.13. The van der Waals surface area contributed by atoms with Gasteiger partial charge < -0.3 is 9.84 Å². The van der Waals surface area contributed by atoms with E-state index in [1.165, 1.54) is 18.3 Å². The number of aromatic carboxylic acids is 1. The second-order valence-electron chi connectivity index (χ2n) is 5.77. The molecule has 2 aromatic heterocycles. The third-order valence-electron chi connectivity index (χ3n) is 3.98. The van der Waals surface area contributed by atoms with E-state index < -0.39 is 5.97 Å². The van der Waals surface area contributed by atoms with Gasteiger partial charge in [0, 0.05) is 12.4 Å². The molecule has 5 nitrogen and oxygen atoms in total. The molecule has 26 heavy (non-hydrogen) atoms. The van der Waals surface area contributed by atoms with Crippen LogP contribution in [0.25, 0.3) is 23.0 Å². The van der Waals surface area contributed by atoms with Crippen LogP contribution >= 0.6 is 0 Å². The van der Waals surface area contributed by atoms with Gasteiger partial charge in [-0.2, -0.15) is 0 Å². The van der Waals surface area contributed by atoms with Gasteiger partial charge in [0.15, 0.2) is 0 Å². The number of hydrogen-bond donors (Lipinski definition) is 1. The van der Waals surface area contributed by atoms with Gasteiger partial charge in [0.2, 0.25) is 0 Å². The molecule has 0 amide bonds. The Labute approximate surface area is 151 Å². The van der Waals surface area contributed by atoms with Gasteiger partial charge in [0.25, 0.3) is 0 Å². The minimum atomic E-state index is -0.986. The van der Waals surface area contributed by atoms with Gasteiger partial charge in [-0.25, -0.2) is 4.79 Å². The number of ether oxygens (including phenoxy) is 1. The second-order valence-corrected chi connectivity index (χ2v) is 5.77. The molecule has 0 aliphatic carbocycles. The fraction of sp³-hybridized carbons (Fsp3) is 0.0952. The number of methoxy groups -OCH3 is 1. The maximum Gasteiger partial charge on any atom is 0.335 e. The van der Waals surface area contributed by atoms with Crippen molar-refractivity contribution in [3.63, 3.8) is 0 Å². The first-order valence-electron chi connectivity index (χ1n) is 8.05. The maximum atomic E-state index is 11.1. The van der Waals surface area contributed by atoms with Crippen LogP contribution in [0.4, 0.5) is 0 Å². The first-order chi connectivity index (χ1) is 12.6. The van der Waals surface area contributed by atoms with E-state index in [0.717, 1.165) is 22.4 Å². The average Bonchev–Trinajstić information content (AvgIpc) is 2.68. The van der Waals surface area contributed by atoms with Crippen LogP contribution in [-0.4, -0.2) is 28.2 Å². The molecule has 0 aliphatic heterocycles. The van der Waals surface area contributed by atoms with Crippen LogP contribution in [-0.2, 0) is 0 Å². The Morgan fingerprint density at radius 3 is 2.27 bits per heavy atom. The molecule has 0 atom stereocenters. The Morgan fingerprint density at radius 1 is 0.962 bits per heavy atom. The molecule has 0 bridgehead atoms. The van der Waals surface area contributed by atoms with E-state index in [0.29, 0.717) is 11.4 Å². The monoisotopic (exact) mass is 346 g/mol. The minimum Gasteiger partial charge on any atom is -0.497 e. The number of hydrogen-bond acceptors (Lipinski definition) is 4. The van der Waals surface area contributed by atoms with Crippen LogP contribution in [0.2, 0.25) is 0 Å². The summed E-state index contributed by atoms with van der Waals surface area (Å²) in [6.45, 7) is 2.03. The molecule has 0 radical (unpaired) electrons. The van der Waals surface area contributed by atoms with E-state index in [2.05, 4.69) is 9.97 Å². The predicted molar refractivity (Wildman–Crippen MR) is 101 cm³/mol. The lowest BCUT2D eigenvalue weighted by Gasteiger charge is -2.06. The third kappa shape index (κ3) is 3.95. The number of carboxylic acid groups (broad SMARTS) is 1. The average molecular weight is 346 g/mol. The summed E-state index contributed by atoms with van der Waals surface area (Å²) in [6.07, 6.45) is 5.22. The van der Waals surface area contributed by atoms with Gasteiger partial charge in [-0.1, -0.05) is 18.2 Å². The number of pyridine rings is 2. The Bertz CT molecular complexity index is 963. The first kappa shape index (κ1) is 17.4. The van der Waals surface area contributed by atoms with Crippen LogP contribution < -0.4 is 4.74 Å². The summed E-state index contributed by atoms with van der Waals surface area (Å²) >= 11 is 0. The normalized spacial score (nSPS) is 11.2. The summed E-state index contributed by atoms with van der Waals surface area (Å²) in [4.78, 5) is 19.7. The standard InChI is InChI=1S/C21H18N2O3/c1-14(16-3-5-18(26-2)6-4-16)11-15-7-9-22-19(12-15)20-13-17(21(24)25)8-10-23-20/h3-13H,1-2H3,(H,24,25)/b14-11+. The van der Waals surface area contributed by atoms with E-state index in [4.69, 9.17) is 9.84 Å². The molecule has 1 N–H and O–H groups in total. The van der Waals surface area contributed by atoms with E-state index in [9.17, 15) is 4.79 Å². The highest BCUT2D eigenvalue weighted by Crippen LogP contribution is 2.22. The fourth-order valence-electron chi connectivity index (χ4n) is 2.57. The molecule has 0 saturated carbocycles. The largest absolute Gasteiger partial charge is 0.497 e. The lowest BCUT2D eigenvalue weighted by molar-refractivity contribution is 0.0697. The molecule has 0 aliphatic rings. The molecule has 1 aromatic carbocycles. The van der Waals surface area contributed by atoms with Crippen molar-refractivity contribution in [2.75, 3.05) is 7.11 Å². The molecule has 3 aromatic rings. The SMILES string of the molecule is COc1ccc(/C(C)=C/c2ccnc(-c3cc(C(=O)O)ccn3)c2)cc1. The molecule has 130 valence electrons. The number of rotatable bonds is 5. The topological polar surface area (TPSA) is 72.3 Å². The van der Waals surface area contributed by atoms with Crippen LogP contribution in [0.3, 0.4) is 0 Å². The minimum absolute atomic E-state index is 0.187. The Hall–Kier alpha value is -3.47. The molecule has 0 saturated heterocycles. The Kier molecular flexibility index (Phi) is 5.08. The molecule has 5 heteroatoms. The van der Waals surface area contributed by atoms with Crippen LogP contribution in [0.15, 0.2) is 60.9 Å². The van der Waals surface area contributed by atoms with Gasteiger partial charge in [-0.3, -0.25) is 9.97 Å². The molecule has 0 spiro atoms. The highest BCUT2D eigenvalue weighted by atomic mass is 16.5. The van der Waals surface area contributed by atoms with Crippen molar-refractivity contribution in [2.24, 2.45) is 0 Å². The number of aromatic nitrogens is 2. The van der Waals surface area contributed by atoms with Crippen LogP contribution in [0.5, 0.6) is 5.75 Å². The van der Waals surface area contributed by atoms with E-state index in [1.807, 2.05) is 49.4 Å². The zero-order valence-corrected chi connectivity index (χ0v) is 14.5. The lowest BCUT2D eigenvalue weighted by atomic mass is 10.0. The molecule has 3 rings (SSSR count). The smallest absolute Gasteiger partial charge is 0.335 e. The quantitative estimate of drug-likeness (QED) is 0.741. The highest BCUT2D eigenvalue weighted by molar-refractivity contribution is 5.88. The van der Waals surface area contributed by atoms with Crippen molar-refractivity contribution in [3.05, 3.63) is 77.6 Å². The third-order valence-corrected chi connectivity index (χ3v) is 3.98. The van der Waals surface area contributed by atoms with Gasteiger partial charge in [-0.05, 0) is 60.0 Å². The lowest BCUT2D eigenvalue weighted by Crippen LogP contribution is -1.98. The number of nitrogens with zero attached hydrogens (tertiary/aromatic N) is 2. The van der Waals surface area contributed by atoms with Crippen molar-refractivity contribution >= 4 is 17.6 Å². The number of carbonyl (C=O) groups is 1. The zero-order chi connectivity index (χ0) is 18.5. The predicted octanol–water partition coefficient (Wildman–Crippen LogP) is 4.41. The van der Waals surface area contributed by atoms with Crippen molar-refractivity contribution in [1.29, 1.82) is 0 Å². The highest BCUT2D eigenvalue weighted by Gasteiger charge is 2.07. The molecular formula is C21H18N2O3. The zero-order valence-electron chi connectivity index (χ0n) is 14.5. The van der Waals surface area contributed by atoms with E-state index >= 15 is 0 Å². The number of allylic oxidation sites excluding steroid dienone is 1. The van der Waals surface area contributed by atoms with E-state index in [1.54, 1.807) is 13.3 Å². The van der Waals surface area contributed by atoms with E-state index in [-0.39, 0.29) is 5.56 Å². The van der Waals surface area contributed by atoms with Crippen molar-refractivity contribution in [2.45, 2.75) is 6.92 Å². The van der Waals surface area contributed by atoms with Gasteiger partial charge in [0.05, 0.1) is 24.1 Å². The number of benzene rings is 1. The second kappa shape index (κ2) is 7.61. The van der Waals surface area contributed by atoms with Crippen molar-refractivity contribution in [1.82, 2.24) is 9.97 Å². The maximum absolute atomic E-state index is 11.1. The summed E-state index contributed by atoms with van der Waals surface area (Å²) in [5.74, 6) is -0.169. The molecule has 2 heterocycles.